The van der Waals surface area contributed by atoms with Gasteiger partial charge in [-0.15, -0.1) is 0 Å². The van der Waals surface area contributed by atoms with Crippen molar-refractivity contribution in [1.29, 1.82) is 0 Å². The summed E-state index contributed by atoms with van der Waals surface area (Å²) in [7, 11) is 1.89. The Morgan fingerprint density at radius 3 is 2.92 bits per heavy atom. The van der Waals surface area contributed by atoms with Crippen LogP contribution in [0.4, 0.5) is 0 Å². The lowest BCUT2D eigenvalue weighted by Crippen LogP contribution is -2.40. The molecule has 0 aromatic carbocycles. The second-order valence-corrected chi connectivity index (χ2v) is 7.15. The van der Waals surface area contributed by atoms with Crippen LogP contribution in [0.15, 0.2) is 24.7 Å². The van der Waals surface area contributed by atoms with Gasteiger partial charge in [0, 0.05) is 31.6 Å². The highest BCUT2D eigenvalue weighted by atomic mass is 16.5. The maximum Gasteiger partial charge on any atom is 0.271 e. The van der Waals surface area contributed by atoms with Gasteiger partial charge in [-0.05, 0) is 31.7 Å². The van der Waals surface area contributed by atoms with Gasteiger partial charge in [-0.2, -0.15) is 10.2 Å². The molecule has 2 aromatic rings. The van der Waals surface area contributed by atoms with E-state index in [4.69, 9.17) is 4.74 Å². The van der Waals surface area contributed by atoms with Crippen molar-refractivity contribution in [3.05, 3.63) is 35.9 Å². The summed E-state index contributed by atoms with van der Waals surface area (Å²) < 4.78 is 9.74. The molecule has 1 unspecified atom stereocenters. The van der Waals surface area contributed by atoms with Crippen LogP contribution in [0.3, 0.4) is 0 Å². The molecule has 0 bridgehead atoms. The molecule has 134 valence electrons. The molecule has 4 rings (SSSR count). The Morgan fingerprint density at radius 2 is 2.24 bits per heavy atom. The largest absolute Gasteiger partial charge is 0.368 e. The van der Waals surface area contributed by atoms with E-state index in [0.29, 0.717) is 24.9 Å². The summed E-state index contributed by atoms with van der Waals surface area (Å²) in [5, 5.41) is 11.7. The van der Waals surface area contributed by atoms with Crippen molar-refractivity contribution in [2.24, 2.45) is 7.05 Å². The molecule has 1 saturated carbocycles. The first-order chi connectivity index (χ1) is 12.2. The molecule has 1 N–H and O–H groups in total. The Hall–Kier alpha value is -2.15. The van der Waals surface area contributed by atoms with Gasteiger partial charge in [0.15, 0.2) is 0 Å². The first-order valence-electron chi connectivity index (χ1n) is 9.13. The Morgan fingerprint density at radius 1 is 1.40 bits per heavy atom. The van der Waals surface area contributed by atoms with Crippen molar-refractivity contribution < 1.29 is 9.53 Å². The lowest BCUT2D eigenvalue weighted by molar-refractivity contribution is 0.00125. The Labute approximate surface area is 147 Å². The molecule has 1 aliphatic heterocycles. The minimum absolute atomic E-state index is 0.143. The Balaban J connectivity index is 1.43. The number of rotatable bonds is 5. The number of aromatic nitrogens is 4. The summed E-state index contributed by atoms with van der Waals surface area (Å²) in [5.74, 6) is -0.143. The molecule has 1 aliphatic carbocycles. The van der Waals surface area contributed by atoms with Crippen LogP contribution in [0.25, 0.3) is 0 Å². The van der Waals surface area contributed by atoms with Crippen LogP contribution in [0, 0.1) is 0 Å². The molecule has 2 fully saturated rings. The van der Waals surface area contributed by atoms with Crippen molar-refractivity contribution >= 4 is 5.91 Å². The smallest absolute Gasteiger partial charge is 0.271 e. The van der Waals surface area contributed by atoms with E-state index in [1.165, 1.54) is 12.8 Å². The van der Waals surface area contributed by atoms with Crippen LogP contribution in [0.5, 0.6) is 0 Å². The highest BCUT2D eigenvalue weighted by molar-refractivity contribution is 5.92. The molecule has 0 radical (unpaired) electrons. The summed E-state index contributed by atoms with van der Waals surface area (Å²) in [5.41, 5.74) is 1.02. The highest BCUT2D eigenvalue weighted by Crippen LogP contribution is 2.35. The van der Waals surface area contributed by atoms with E-state index in [-0.39, 0.29) is 5.91 Å². The second kappa shape index (κ2) is 6.63. The number of carbonyl (C=O) groups excluding carboxylic acids is 1. The average molecular weight is 343 g/mol. The Bertz CT molecular complexity index is 738. The standard InChI is InChI=1S/C18H25N5O2/c1-22-12-14(11-20-22)18(8-4-10-25-18)13-19-17(24)16-7-9-23(21-16)15-5-2-3-6-15/h7,9,11-12,15H,2-6,8,10,13H2,1H3,(H,19,24). The molecule has 1 saturated heterocycles. The lowest BCUT2D eigenvalue weighted by atomic mass is 9.93. The van der Waals surface area contributed by atoms with E-state index in [1.807, 2.05) is 30.3 Å². The molecule has 0 spiro atoms. The molecule has 25 heavy (non-hydrogen) atoms. The van der Waals surface area contributed by atoms with E-state index in [2.05, 4.69) is 15.5 Å². The zero-order chi connectivity index (χ0) is 17.3. The van der Waals surface area contributed by atoms with Gasteiger partial charge in [-0.25, -0.2) is 0 Å². The third kappa shape index (κ3) is 3.20. The minimum Gasteiger partial charge on any atom is -0.368 e. The van der Waals surface area contributed by atoms with Gasteiger partial charge in [0.1, 0.15) is 11.3 Å². The normalized spacial score (nSPS) is 24.0. The summed E-state index contributed by atoms with van der Waals surface area (Å²) in [6.45, 7) is 1.15. The number of amides is 1. The maximum atomic E-state index is 12.5. The topological polar surface area (TPSA) is 74.0 Å². The van der Waals surface area contributed by atoms with Crippen LogP contribution in [-0.2, 0) is 17.4 Å². The van der Waals surface area contributed by atoms with Crippen LogP contribution in [-0.4, -0.2) is 38.6 Å². The van der Waals surface area contributed by atoms with Gasteiger partial charge in [-0.1, -0.05) is 12.8 Å². The molecule has 7 heteroatoms. The molecule has 2 aliphatic rings. The summed E-state index contributed by atoms with van der Waals surface area (Å²) in [4.78, 5) is 12.5. The second-order valence-electron chi connectivity index (χ2n) is 7.15. The van der Waals surface area contributed by atoms with Gasteiger partial charge in [0.25, 0.3) is 5.91 Å². The third-order valence-corrected chi connectivity index (χ3v) is 5.41. The molecule has 1 atom stereocenters. The van der Waals surface area contributed by atoms with Crippen LogP contribution < -0.4 is 5.32 Å². The first kappa shape index (κ1) is 16.3. The molecule has 3 heterocycles. The van der Waals surface area contributed by atoms with Crippen LogP contribution in [0.1, 0.15) is 60.6 Å². The van der Waals surface area contributed by atoms with E-state index in [1.54, 1.807) is 10.7 Å². The minimum atomic E-state index is -0.474. The van der Waals surface area contributed by atoms with Gasteiger partial charge < -0.3 is 10.1 Å². The fourth-order valence-corrected chi connectivity index (χ4v) is 3.97. The van der Waals surface area contributed by atoms with Gasteiger partial charge >= 0.3 is 0 Å². The number of aryl methyl sites for hydroxylation is 1. The predicted octanol–water partition coefficient (Wildman–Crippen LogP) is 2.17. The van der Waals surface area contributed by atoms with Gasteiger partial charge in [0.05, 0.1) is 18.8 Å². The first-order valence-corrected chi connectivity index (χ1v) is 9.13. The number of carbonyl (C=O) groups is 1. The van der Waals surface area contributed by atoms with Gasteiger partial charge in [-0.3, -0.25) is 14.2 Å². The fourth-order valence-electron chi connectivity index (χ4n) is 3.97. The third-order valence-electron chi connectivity index (χ3n) is 5.41. The summed E-state index contributed by atoms with van der Waals surface area (Å²) in [6, 6.07) is 2.25. The zero-order valence-corrected chi connectivity index (χ0v) is 14.6. The quantitative estimate of drug-likeness (QED) is 0.903. The van der Waals surface area contributed by atoms with Crippen molar-refractivity contribution in [3.63, 3.8) is 0 Å². The number of hydrogen-bond acceptors (Lipinski definition) is 4. The van der Waals surface area contributed by atoms with Crippen molar-refractivity contribution in [2.45, 2.75) is 50.2 Å². The maximum absolute atomic E-state index is 12.5. The predicted molar refractivity (Wildman–Crippen MR) is 92.1 cm³/mol. The Kier molecular flexibility index (Phi) is 4.33. The molecular weight excluding hydrogens is 318 g/mol. The van der Waals surface area contributed by atoms with Gasteiger partial charge in [0.2, 0.25) is 0 Å². The number of nitrogens with zero attached hydrogens (tertiary/aromatic N) is 4. The number of ether oxygens (including phenoxy) is 1. The number of nitrogens with one attached hydrogen (secondary N) is 1. The monoisotopic (exact) mass is 343 g/mol. The van der Waals surface area contributed by atoms with Crippen molar-refractivity contribution in [3.8, 4) is 0 Å². The SMILES string of the molecule is Cn1cc(C2(CNC(=O)c3ccn(C4CCCC4)n3)CCCO2)cn1. The molecule has 2 aromatic heterocycles. The van der Waals surface area contributed by atoms with Crippen LogP contribution in [0.2, 0.25) is 0 Å². The number of hydrogen-bond donors (Lipinski definition) is 1. The highest BCUT2D eigenvalue weighted by Gasteiger charge is 2.38. The zero-order valence-electron chi connectivity index (χ0n) is 14.6. The van der Waals surface area contributed by atoms with E-state index in [0.717, 1.165) is 31.2 Å². The molecule has 7 nitrogen and oxygen atoms in total. The van der Waals surface area contributed by atoms with Crippen LogP contribution >= 0.6 is 0 Å². The van der Waals surface area contributed by atoms with Crippen molar-refractivity contribution in [2.75, 3.05) is 13.2 Å². The molecule has 1 amide bonds. The van der Waals surface area contributed by atoms with Crippen molar-refractivity contribution in [1.82, 2.24) is 24.9 Å². The summed E-state index contributed by atoms with van der Waals surface area (Å²) in [6.07, 6.45) is 12.4. The lowest BCUT2D eigenvalue weighted by Gasteiger charge is -2.27. The molecular formula is C18H25N5O2. The van der Waals surface area contributed by atoms with E-state index >= 15 is 0 Å². The summed E-state index contributed by atoms with van der Waals surface area (Å²) >= 11 is 0. The fraction of sp³-hybridized carbons (Fsp3) is 0.611. The van der Waals surface area contributed by atoms with E-state index in [9.17, 15) is 4.79 Å². The average Bonchev–Trinajstić information content (AvgIpc) is 3.39. The van der Waals surface area contributed by atoms with E-state index < -0.39 is 5.60 Å².